The molecule has 2 aliphatic rings. The molecule has 0 radical (unpaired) electrons. The van der Waals surface area contributed by atoms with Gasteiger partial charge in [0, 0.05) is 48.5 Å². The second-order valence-electron chi connectivity index (χ2n) is 9.00. The highest BCUT2D eigenvalue weighted by atomic mass is 35.5. The number of carbonyl (C=O) groups is 3. The molecule has 0 saturated carbocycles. The summed E-state index contributed by atoms with van der Waals surface area (Å²) in [6.07, 6.45) is 1.67. The van der Waals surface area contributed by atoms with Crippen LogP contribution in [0.2, 0.25) is 5.02 Å². The van der Waals surface area contributed by atoms with Crippen molar-refractivity contribution < 1.29 is 19.1 Å². The Hall–Kier alpha value is -3.75. The van der Waals surface area contributed by atoms with Gasteiger partial charge in [0.2, 0.25) is 0 Å². The SMILES string of the molecule is COc1cccc(N2CCN(C(=O)c3cccc(/C=C4\SC(=O)N(Cc5cccc(Cl)c5)C4=O)c3)CC2)c1. The number of piperazine rings is 1. The number of hydrogen-bond acceptors (Lipinski definition) is 6. The highest BCUT2D eigenvalue weighted by Gasteiger charge is 2.35. The molecular formula is C29H26ClN3O4S. The predicted molar refractivity (Wildman–Crippen MR) is 151 cm³/mol. The van der Waals surface area contributed by atoms with Gasteiger partial charge in [-0.1, -0.05) is 41.9 Å². The van der Waals surface area contributed by atoms with E-state index in [1.807, 2.05) is 41.3 Å². The summed E-state index contributed by atoms with van der Waals surface area (Å²) in [5.74, 6) is 0.394. The molecule has 0 aromatic heterocycles. The number of imide groups is 1. The highest BCUT2D eigenvalue weighted by molar-refractivity contribution is 8.18. The fourth-order valence-electron chi connectivity index (χ4n) is 4.52. The zero-order chi connectivity index (χ0) is 26.6. The molecule has 0 aliphatic carbocycles. The molecule has 7 nitrogen and oxygen atoms in total. The van der Waals surface area contributed by atoms with Gasteiger partial charge in [0.15, 0.2) is 0 Å². The summed E-state index contributed by atoms with van der Waals surface area (Å²) in [6.45, 7) is 2.80. The van der Waals surface area contributed by atoms with Crippen LogP contribution < -0.4 is 9.64 Å². The second-order valence-corrected chi connectivity index (χ2v) is 10.4. The number of anilines is 1. The fraction of sp³-hybridized carbons (Fsp3) is 0.207. The Labute approximate surface area is 230 Å². The van der Waals surface area contributed by atoms with Gasteiger partial charge in [-0.3, -0.25) is 19.3 Å². The third-order valence-electron chi connectivity index (χ3n) is 6.52. The van der Waals surface area contributed by atoms with Crippen LogP contribution in [-0.4, -0.2) is 60.1 Å². The van der Waals surface area contributed by atoms with E-state index in [1.54, 1.807) is 49.6 Å². The van der Waals surface area contributed by atoms with Crippen LogP contribution in [0.25, 0.3) is 6.08 Å². The quantitative estimate of drug-likeness (QED) is 0.377. The third kappa shape index (κ3) is 5.71. The first-order valence-corrected chi connectivity index (χ1v) is 13.4. The molecule has 2 fully saturated rings. The van der Waals surface area contributed by atoms with E-state index in [-0.39, 0.29) is 23.6 Å². The van der Waals surface area contributed by atoms with Gasteiger partial charge < -0.3 is 14.5 Å². The topological polar surface area (TPSA) is 70.2 Å². The van der Waals surface area contributed by atoms with E-state index in [2.05, 4.69) is 4.90 Å². The number of methoxy groups -OCH3 is 1. The third-order valence-corrected chi connectivity index (χ3v) is 7.66. The summed E-state index contributed by atoms with van der Waals surface area (Å²) in [5.41, 5.74) is 3.09. The largest absolute Gasteiger partial charge is 0.497 e. The molecular weight excluding hydrogens is 522 g/mol. The zero-order valence-electron chi connectivity index (χ0n) is 20.8. The fourth-order valence-corrected chi connectivity index (χ4v) is 5.58. The van der Waals surface area contributed by atoms with Crippen molar-refractivity contribution in [1.29, 1.82) is 0 Å². The normalized spacial score (nSPS) is 16.9. The van der Waals surface area contributed by atoms with Gasteiger partial charge >= 0.3 is 0 Å². The Balaban J connectivity index is 1.24. The number of benzene rings is 3. The number of halogens is 1. The number of nitrogens with zero attached hydrogens (tertiary/aromatic N) is 3. The lowest BCUT2D eigenvalue weighted by atomic mass is 10.1. The minimum atomic E-state index is -0.356. The molecule has 2 heterocycles. The lowest BCUT2D eigenvalue weighted by molar-refractivity contribution is -0.123. The summed E-state index contributed by atoms with van der Waals surface area (Å²) in [7, 11) is 1.65. The summed E-state index contributed by atoms with van der Waals surface area (Å²) in [5, 5.41) is 0.218. The average Bonchev–Trinajstić information content (AvgIpc) is 3.20. The van der Waals surface area contributed by atoms with Crippen molar-refractivity contribution in [3.63, 3.8) is 0 Å². The number of ether oxygens (including phenoxy) is 1. The monoisotopic (exact) mass is 547 g/mol. The first-order valence-electron chi connectivity index (χ1n) is 12.2. The smallest absolute Gasteiger partial charge is 0.293 e. The van der Waals surface area contributed by atoms with Gasteiger partial charge in [0.25, 0.3) is 17.1 Å². The molecule has 0 spiro atoms. The highest BCUT2D eigenvalue weighted by Crippen LogP contribution is 2.33. The maximum atomic E-state index is 13.3. The molecule has 0 N–H and O–H groups in total. The molecule has 0 unspecified atom stereocenters. The average molecular weight is 548 g/mol. The number of hydrogen-bond donors (Lipinski definition) is 0. The predicted octanol–water partition coefficient (Wildman–Crippen LogP) is 5.55. The molecule has 2 saturated heterocycles. The van der Waals surface area contributed by atoms with E-state index in [0.717, 1.165) is 41.9 Å². The van der Waals surface area contributed by atoms with E-state index in [9.17, 15) is 14.4 Å². The molecule has 3 aromatic carbocycles. The van der Waals surface area contributed by atoms with Gasteiger partial charge in [-0.05, 0) is 65.4 Å². The minimum absolute atomic E-state index is 0.0559. The summed E-state index contributed by atoms with van der Waals surface area (Å²) in [6, 6.07) is 22.2. The van der Waals surface area contributed by atoms with Gasteiger partial charge in [-0.2, -0.15) is 0 Å². The van der Waals surface area contributed by atoms with Gasteiger partial charge in [0.05, 0.1) is 18.6 Å². The molecule has 0 bridgehead atoms. The molecule has 38 heavy (non-hydrogen) atoms. The molecule has 0 atom stereocenters. The van der Waals surface area contributed by atoms with E-state index < -0.39 is 0 Å². The first-order chi connectivity index (χ1) is 18.4. The van der Waals surface area contributed by atoms with Gasteiger partial charge in [0.1, 0.15) is 5.75 Å². The second kappa shape index (κ2) is 11.3. The minimum Gasteiger partial charge on any atom is -0.497 e. The summed E-state index contributed by atoms with van der Waals surface area (Å²) in [4.78, 5) is 44.4. The Bertz CT molecular complexity index is 1420. The van der Waals surface area contributed by atoms with Crippen LogP contribution in [0, 0.1) is 0 Å². The van der Waals surface area contributed by atoms with E-state index in [1.165, 1.54) is 4.90 Å². The Kier molecular flexibility index (Phi) is 7.72. The van der Waals surface area contributed by atoms with Crippen molar-refractivity contribution in [2.75, 3.05) is 38.2 Å². The Morgan fingerprint density at radius 2 is 1.74 bits per heavy atom. The van der Waals surface area contributed by atoms with E-state index >= 15 is 0 Å². The standard InChI is InChI=1S/C29H26ClN3O4S/c1-37-25-10-4-9-24(18-25)31-11-13-32(14-12-31)27(34)22-7-2-5-20(15-22)17-26-28(35)33(29(36)38-26)19-21-6-3-8-23(30)16-21/h2-10,15-18H,11-14,19H2,1H3/b26-17-. The molecule has 3 aromatic rings. The number of carbonyl (C=O) groups excluding carboxylic acids is 3. The molecule has 194 valence electrons. The first kappa shape index (κ1) is 25.9. The van der Waals surface area contributed by atoms with Crippen molar-refractivity contribution in [1.82, 2.24) is 9.80 Å². The molecule has 3 amide bonds. The van der Waals surface area contributed by atoms with Crippen LogP contribution in [-0.2, 0) is 11.3 Å². The Morgan fingerprint density at radius 3 is 2.50 bits per heavy atom. The summed E-state index contributed by atoms with van der Waals surface area (Å²) < 4.78 is 5.33. The summed E-state index contributed by atoms with van der Waals surface area (Å²) >= 11 is 6.94. The maximum absolute atomic E-state index is 13.3. The van der Waals surface area contributed by atoms with E-state index in [0.29, 0.717) is 34.1 Å². The molecule has 5 rings (SSSR count). The van der Waals surface area contributed by atoms with Crippen LogP contribution in [0.15, 0.2) is 77.7 Å². The number of thioether (sulfide) groups is 1. The lowest BCUT2D eigenvalue weighted by Gasteiger charge is -2.36. The van der Waals surface area contributed by atoms with Crippen molar-refractivity contribution >= 4 is 52.2 Å². The van der Waals surface area contributed by atoms with Crippen molar-refractivity contribution in [3.8, 4) is 5.75 Å². The molecule has 2 aliphatic heterocycles. The van der Waals surface area contributed by atoms with Crippen LogP contribution in [0.3, 0.4) is 0 Å². The van der Waals surface area contributed by atoms with Gasteiger partial charge in [-0.15, -0.1) is 0 Å². The number of rotatable bonds is 6. The maximum Gasteiger partial charge on any atom is 0.293 e. The van der Waals surface area contributed by atoms with Crippen molar-refractivity contribution in [3.05, 3.63) is 99.4 Å². The zero-order valence-corrected chi connectivity index (χ0v) is 22.4. The van der Waals surface area contributed by atoms with E-state index in [4.69, 9.17) is 16.3 Å². The van der Waals surface area contributed by atoms with Crippen LogP contribution in [0.1, 0.15) is 21.5 Å². The van der Waals surface area contributed by atoms with Crippen LogP contribution in [0.4, 0.5) is 10.5 Å². The van der Waals surface area contributed by atoms with Gasteiger partial charge in [-0.25, -0.2) is 0 Å². The molecule has 9 heteroatoms. The van der Waals surface area contributed by atoms with Crippen molar-refractivity contribution in [2.45, 2.75) is 6.54 Å². The van der Waals surface area contributed by atoms with Crippen LogP contribution >= 0.6 is 23.4 Å². The Morgan fingerprint density at radius 1 is 0.974 bits per heavy atom. The lowest BCUT2D eigenvalue weighted by Crippen LogP contribution is -2.48. The number of amides is 3. The van der Waals surface area contributed by atoms with Crippen molar-refractivity contribution in [2.24, 2.45) is 0 Å². The van der Waals surface area contributed by atoms with Crippen LogP contribution in [0.5, 0.6) is 5.75 Å².